The molecule has 4 heterocycles. The van der Waals surface area contributed by atoms with Crippen LogP contribution in [0.3, 0.4) is 0 Å². The maximum Gasteiger partial charge on any atom is 0.220 e. The van der Waals surface area contributed by atoms with Crippen LogP contribution in [0.5, 0.6) is 0 Å². The number of aromatic nitrogens is 5. The molecule has 0 radical (unpaired) electrons. The van der Waals surface area contributed by atoms with Crippen molar-refractivity contribution < 1.29 is 0 Å². The number of hydrogen-bond donors (Lipinski definition) is 0. The number of fused-ring (bicyclic) bond motifs is 11. The number of nitrogens with zero attached hydrogens (tertiary/aromatic N) is 5. The fourth-order valence-electron chi connectivity index (χ4n) is 11.4. The zero-order chi connectivity index (χ0) is 44.1. The van der Waals surface area contributed by atoms with Crippen LogP contribution in [0.15, 0.2) is 249 Å². The lowest BCUT2D eigenvalue weighted by molar-refractivity contribution is 1.09. The second-order valence-corrected chi connectivity index (χ2v) is 21.3. The lowest BCUT2D eigenvalue weighted by atomic mass is 10.1. The average molecular weight is 872 g/mol. The first kappa shape index (κ1) is 37.6. The molecule has 0 spiro atoms. The summed E-state index contributed by atoms with van der Waals surface area (Å²) in [6.07, 6.45) is 0. The maximum atomic E-state index is 5.41. The number of para-hydroxylation sites is 7. The molecule has 0 atom stereocenters. The van der Waals surface area contributed by atoms with E-state index in [4.69, 9.17) is 4.98 Å². The highest BCUT2D eigenvalue weighted by Crippen LogP contribution is 2.43. The van der Waals surface area contributed by atoms with E-state index >= 15 is 0 Å². The third kappa shape index (κ3) is 5.33. The Hall–Kier alpha value is -8.71. The molecule has 0 fully saturated rings. The van der Waals surface area contributed by atoms with Crippen molar-refractivity contribution in [2.75, 3.05) is 0 Å². The fraction of sp³-hybridized carbons (Fsp3) is 0. The van der Waals surface area contributed by atoms with Crippen molar-refractivity contribution in [3.63, 3.8) is 0 Å². The second kappa shape index (κ2) is 14.7. The molecular formula is C61H41N5Si. The third-order valence-corrected chi connectivity index (χ3v) is 18.9. The highest BCUT2D eigenvalue weighted by molar-refractivity contribution is 7.19. The van der Waals surface area contributed by atoms with Crippen molar-refractivity contribution in [2.45, 2.75) is 0 Å². The van der Waals surface area contributed by atoms with Gasteiger partial charge in [-0.1, -0.05) is 182 Å². The van der Waals surface area contributed by atoms with Crippen LogP contribution in [0.4, 0.5) is 0 Å². The average Bonchev–Trinajstić information content (AvgIpc) is 4.14. The largest absolute Gasteiger partial charge is 0.309 e. The molecule has 0 aliphatic heterocycles. The summed E-state index contributed by atoms with van der Waals surface area (Å²) in [5.41, 5.74) is 12.1. The minimum absolute atomic E-state index is 0.877. The van der Waals surface area contributed by atoms with Crippen LogP contribution in [0.25, 0.3) is 88.5 Å². The van der Waals surface area contributed by atoms with Gasteiger partial charge in [0, 0.05) is 27.2 Å². The van der Waals surface area contributed by atoms with Crippen LogP contribution < -0.4 is 20.7 Å². The second-order valence-electron chi connectivity index (χ2n) is 17.5. The first-order valence-corrected chi connectivity index (χ1v) is 25.0. The van der Waals surface area contributed by atoms with Crippen LogP contribution in [0, 0.1) is 0 Å². The minimum Gasteiger partial charge on any atom is -0.309 e. The molecular weight excluding hydrogens is 831 g/mol. The fourth-order valence-corrected chi connectivity index (χ4v) is 16.2. The number of benzene rings is 10. The Kier molecular flexibility index (Phi) is 8.23. The van der Waals surface area contributed by atoms with Gasteiger partial charge in [0.25, 0.3) is 0 Å². The summed E-state index contributed by atoms with van der Waals surface area (Å²) in [5, 5.41) is 10.2. The minimum atomic E-state index is -2.89. The van der Waals surface area contributed by atoms with Gasteiger partial charge in [-0.3, -0.25) is 8.97 Å². The van der Waals surface area contributed by atoms with E-state index in [-0.39, 0.29) is 0 Å². The Balaban J connectivity index is 1.16. The van der Waals surface area contributed by atoms with Gasteiger partial charge in [0.05, 0.1) is 55.5 Å². The quantitative estimate of drug-likeness (QED) is 0.116. The van der Waals surface area contributed by atoms with Crippen LogP contribution in [-0.2, 0) is 0 Å². The lowest BCUT2D eigenvalue weighted by Gasteiger charge is -2.34. The molecule has 0 bridgehead atoms. The van der Waals surface area contributed by atoms with E-state index in [0.29, 0.717) is 0 Å². The first-order chi connectivity index (χ1) is 33.3. The zero-order valence-electron chi connectivity index (χ0n) is 36.4. The van der Waals surface area contributed by atoms with Crippen molar-refractivity contribution in [1.29, 1.82) is 0 Å². The lowest BCUT2D eigenvalue weighted by Crippen LogP contribution is -2.74. The van der Waals surface area contributed by atoms with Gasteiger partial charge in [-0.25, -0.2) is 4.98 Å². The molecule has 314 valence electrons. The van der Waals surface area contributed by atoms with Crippen LogP contribution in [0.2, 0.25) is 0 Å². The molecule has 0 amide bonds. The van der Waals surface area contributed by atoms with E-state index in [1.807, 2.05) is 0 Å². The van der Waals surface area contributed by atoms with Gasteiger partial charge in [-0.2, -0.15) is 0 Å². The molecule has 0 unspecified atom stereocenters. The van der Waals surface area contributed by atoms with Crippen molar-refractivity contribution in [2.24, 2.45) is 0 Å². The van der Waals surface area contributed by atoms with Crippen LogP contribution >= 0.6 is 0 Å². The maximum absolute atomic E-state index is 5.41. The molecule has 14 rings (SSSR count). The van der Waals surface area contributed by atoms with Gasteiger partial charge in [0.15, 0.2) is 8.07 Å². The van der Waals surface area contributed by atoms with E-state index in [1.54, 1.807) is 0 Å². The van der Waals surface area contributed by atoms with Crippen LogP contribution in [0.1, 0.15) is 0 Å². The number of imidazole rings is 2. The van der Waals surface area contributed by atoms with Gasteiger partial charge < -0.3 is 9.13 Å². The molecule has 10 aromatic carbocycles. The molecule has 5 nitrogen and oxygen atoms in total. The van der Waals surface area contributed by atoms with Gasteiger partial charge >= 0.3 is 0 Å². The Labute approximate surface area is 387 Å². The molecule has 6 heteroatoms. The Morgan fingerprint density at radius 3 is 1.39 bits per heavy atom. The smallest absolute Gasteiger partial charge is 0.220 e. The summed E-state index contributed by atoms with van der Waals surface area (Å²) >= 11 is 0. The zero-order valence-corrected chi connectivity index (χ0v) is 37.4. The van der Waals surface area contributed by atoms with E-state index < -0.39 is 8.07 Å². The normalized spacial score (nSPS) is 12.2. The van der Waals surface area contributed by atoms with E-state index in [2.05, 4.69) is 267 Å². The highest BCUT2D eigenvalue weighted by Gasteiger charge is 2.41. The van der Waals surface area contributed by atoms with E-state index in [0.717, 1.165) is 55.9 Å². The van der Waals surface area contributed by atoms with Crippen molar-refractivity contribution in [1.82, 2.24) is 23.1 Å². The highest BCUT2D eigenvalue weighted by atomic mass is 28.3. The molecule has 0 aliphatic carbocycles. The molecule has 0 aliphatic rings. The summed E-state index contributed by atoms with van der Waals surface area (Å²) in [7, 11) is -2.89. The molecule has 0 saturated heterocycles. The molecule has 14 aromatic rings. The third-order valence-electron chi connectivity index (χ3n) is 14.1. The summed E-state index contributed by atoms with van der Waals surface area (Å²) < 4.78 is 9.73. The molecule has 0 N–H and O–H groups in total. The number of hydrogen-bond acceptors (Lipinski definition) is 1. The van der Waals surface area contributed by atoms with Crippen molar-refractivity contribution in [3.05, 3.63) is 249 Å². The standard InChI is InChI=1S/C61H41N5Si/c1-4-22-43(23-5-1)67(44-24-6-2-7-25-44,45-26-8-3-9-27-45)46-28-20-21-42(41-46)63-53-35-16-12-31-49(53)59-57(64-51-33-14-10-29-47(51)48-30-11-15-34-52(48)64)39-40-58(60(59)63)66-56-38-19-18-37-55(56)65-54-36-17-13-32-50(54)62-61(65)66/h1-41H. The van der Waals surface area contributed by atoms with E-state index in [9.17, 15) is 0 Å². The van der Waals surface area contributed by atoms with Crippen LogP contribution in [-0.4, -0.2) is 31.2 Å². The summed E-state index contributed by atoms with van der Waals surface area (Å²) in [4.78, 5) is 5.41. The Morgan fingerprint density at radius 1 is 0.313 bits per heavy atom. The van der Waals surface area contributed by atoms with Crippen molar-refractivity contribution >= 4 is 100 Å². The van der Waals surface area contributed by atoms with Crippen molar-refractivity contribution in [3.8, 4) is 17.1 Å². The summed E-state index contributed by atoms with van der Waals surface area (Å²) in [6.45, 7) is 0. The number of rotatable bonds is 7. The van der Waals surface area contributed by atoms with Gasteiger partial charge in [-0.05, 0) is 87.5 Å². The molecule has 67 heavy (non-hydrogen) atoms. The van der Waals surface area contributed by atoms with E-state index in [1.165, 1.54) is 53.3 Å². The summed E-state index contributed by atoms with van der Waals surface area (Å²) in [6, 6.07) is 91.6. The predicted molar refractivity (Wildman–Crippen MR) is 282 cm³/mol. The first-order valence-electron chi connectivity index (χ1n) is 23.0. The molecule has 0 saturated carbocycles. The van der Waals surface area contributed by atoms with Gasteiger partial charge in [0.1, 0.15) is 0 Å². The predicted octanol–water partition coefficient (Wildman–Crippen LogP) is 12.0. The topological polar surface area (TPSA) is 32.1 Å². The van der Waals surface area contributed by atoms with Gasteiger partial charge in [-0.15, -0.1) is 0 Å². The monoisotopic (exact) mass is 871 g/mol. The Bertz CT molecular complexity index is 4070. The SMILES string of the molecule is c1ccc([Si](c2ccccc2)(c2ccccc2)c2cccc(-n3c4ccccc4c4c(-n5c6ccccc6c6ccccc65)ccc(-n5c6ccccc6n6c7ccccc7nc56)c43)c2)cc1. The Morgan fingerprint density at radius 2 is 0.776 bits per heavy atom. The molecule has 4 aromatic heterocycles. The summed E-state index contributed by atoms with van der Waals surface area (Å²) in [5.74, 6) is 0.877. The van der Waals surface area contributed by atoms with Gasteiger partial charge in [0.2, 0.25) is 5.78 Å².